The van der Waals surface area contributed by atoms with E-state index in [1.165, 1.54) is 31.4 Å². The number of carbonyl (C=O) groups is 1. The van der Waals surface area contributed by atoms with Crippen LogP contribution >= 0.6 is 11.3 Å². The molecule has 5 nitrogen and oxygen atoms in total. The fourth-order valence-corrected chi connectivity index (χ4v) is 3.68. The normalized spacial score (nSPS) is 13.1. The molecule has 1 aromatic carbocycles. The summed E-state index contributed by atoms with van der Waals surface area (Å²) in [7, 11) is 1.36. The number of aromatic nitrogens is 2. The minimum atomic E-state index is -4.56. The fraction of sp³-hybridized carbons (Fsp3) is 0.294. The zero-order valence-corrected chi connectivity index (χ0v) is 15.0. The van der Waals surface area contributed by atoms with Crippen LogP contribution in [0.15, 0.2) is 23.6 Å². The van der Waals surface area contributed by atoms with Gasteiger partial charge in [0.25, 0.3) is 0 Å². The van der Waals surface area contributed by atoms with Gasteiger partial charge in [0.15, 0.2) is 5.69 Å². The lowest BCUT2D eigenvalue weighted by Gasteiger charge is -2.09. The van der Waals surface area contributed by atoms with Gasteiger partial charge in [-0.1, -0.05) is 0 Å². The highest BCUT2D eigenvalue weighted by Crippen LogP contribution is 2.36. The van der Waals surface area contributed by atoms with Gasteiger partial charge in [0.2, 0.25) is 0 Å². The number of hydrogen-bond donors (Lipinski definition) is 1. The number of fused-ring (bicyclic) bond motifs is 1. The number of carboxylic acids is 1. The molecule has 0 bridgehead atoms. The third kappa shape index (κ3) is 3.75. The van der Waals surface area contributed by atoms with Crippen molar-refractivity contribution in [3.63, 3.8) is 0 Å². The average molecular weight is 402 g/mol. The number of hydrogen-bond acceptors (Lipinski definition) is 4. The van der Waals surface area contributed by atoms with E-state index in [1.54, 1.807) is 5.38 Å². The van der Waals surface area contributed by atoms with Crippen LogP contribution < -0.4 is 4.74 Å². The SMILES string of the molecule is CC(C(=O)O)c1csc2cc(OCc3cc(C(F)(F)F)nn3C)cc(F)c12. The zero-order valence-electron chi connectivity index (χ0n) is 14.2. The standard InChI is InChI=1S/C17H14F4N2O3S/c1-8(16(24)25)11-7-27-13-5-10(4-12(18)15(11)13)26-6-9-3-14(17(19,20)21)22-23(9)2/h3-5,7-8H,6H2,1-2H3,(H,24,25). The van der Waals surface area contributed by atoms with Gasteiger partial charge in [-0.25, -0.2) is 4.39 Å². The molecule has 1 N–H and O–H groups in total. The van der Waals surface area contributed by atoms with Crippen LogP contribution in [0.5, 0.6) is 5.75 Å². The molecule has 2 aromatic heterocycles. The summed E-state index contributed by atoms with van der Waals surface area (Å²) in [6.45, 7) is 1.24. The second kappa shape index (κ2) is 6.84. The molecule has 27 heavy (non-hydrogen) atoms. The fourth-order valence-electron chi connectivity index (χ4n) is 2.59. The molecule has 1 atom stereocenters. The molecule has 2 heterocycles. The van der Waals surface area contributed by atoms with E-state index < -0.39 is 29.6 Å². The molecular weight excluding hydrogens is 388 g/mol. The first kappa shape index (κ1) is 19.2. The predicted molar refractivity (Wildman–Crippen MR) is 90.4 cm³/mol. The molecule has 0 aliphatic carbocycles. The molecule has 0 radical (unpaired) electrons. The maximum absolute atomic E-state index is 14.5. The summed E-state index contributed by atoms with van der Waals surface area (Å²) in [5.41, 5.74) is -0.488. The Kier molecular flexibility index (Phi) is 4.85. The first-order valence-corrected chi connectivity index (χ1v) is 8.62. The van der Waals surface area contributed by atoms with Crippen LogP contribution in [0, 0.1) is 5.82 Å². The van der Waals surface area contributed by atoms with Crippen molar-refractivity contribution in [1.29, 1.82) is 0 Å². The van der Waals surface area contributed by atoms with E-state index in [-0.39, 0.29) is 23.4 Å². The molecule has 3 aromatic rings. The molecule has 0 saturated carbocycles. The lowest BCUT2D eigenvalue weighted by Crippen LogP contribution is -2.07. The third-order valence-corrected chi connectivity index (χ3v) is 5.07. The van der Waals surface area contributed by atoms with Crippen molar-refractivity contribution in [2.45, 2.75) is 25.6 Å². The van der Waals surface area contributed by atoms with Crippen molar-refractivity contribution < 1.29 is 32.2 Å². The molecule has 0 saturated heterocycles. The Hall–Kier alpha value is -2.62. The van der Waals surface area contributed by atoms with Gasteiger partial charge in [0.1, 0.15) is 18.2 Å². The largest absolute Gasteiger partial charge is 0.487 e. The van der Waals surface area contributed by atoms with E-state index in [9.17, 15) is 22.4 Å². The molecule has 0 fully saturated rings. The number of aliphatic carboxylic acids is 1. The van der Waals surface area contributed by atoms with Gasteiger partial charge >= 0.3 is 12.1 Å². The smallest absolute Gasteiger partial charge is 0.435 e. The van der Waals surface area contributed by atoms with E-state index in [0.29, 0.717) is 10.3 Å². The number of alkyl halides is 3. The summed E-state index contributed by atoms with van der Waals surface area (Å²) < 4.78 is 59.5. The third-order valence-electron chi connectivity index (χ3n) is 4.12. The number of ether oxygens (including phenoxy) is 1. The quantitative estimate of drug-likeness (QED) is 0.636. The Morgan fingerprint density at radius 1 is 1.37 bits per heavy atom. The molecule has 0 aliphatic heterocycles. The molecule has 0 amide bonds. The summed E-state index contributed by atoms with van der Waals surface area (Å²) in [5, 5.41) is 14.3. The molecule has 1 unspecified atom stereocenters. The summed E-state index contributed by atoms with van der Waals surface area (Å²) in [5.74, 6) is -2.44. The van der Waals surface area contributed by atoms with Crippen molar-refractivity contribution in [3.05, 3.63) is 46.3 Å². The Morgan fingerprint density at radius 3 is 2.67 bits per heavy atom. The average Bonchev–Trinajstić information content (AvgIpc) is 3.15. The molecule has 144 valence electrons. The monoisotopic (exact) mass is 402 g/mol. The van der Waals surface area contributed by atoms with Crippen molar-refractivity contribution in [1.82, 2.24) is 9.78 Å². The minimum absolute atomic E-state index is 0.131. The first-order valence-electron chi connectivity index (χ1n) is 7.74. The van der Waals surface area contributed by atoms with Gasteiger partial charge in [-0.3, -0.25) is 9.48 Å². The number of nitrogens with zero attached hydrogens (tertiary/aromatic N) is 2. The Labute approximate surface area is 154 Å². The van der Waals surface area contributed by atoms with E-state index in [0.717, 1.165) is 16.8 Å². The van der Waals surface area contributed by atoms with Gasteiger partial charge in [0.05, 0.1) is 11.6 Å². The van der Waals surface area contributed by atoms with Crippen LogP contribution in [0.1, 0.15) is 29.8 Å². The van der Waals surface area contributed by atoms with E-state index in [2.05, 4.69) is 5.10 Å². The highest BCUT2D eigenvalue weighted by atomic mass is 32.1. The molecule has 0 aliphatic rings. The lowest BCUT2D eigenvalue weighted by molar-refractivity contribution is -0.141. The highest BCUT2D eigenvalue weighted by molar-refractivity contribution is 7.17. The van der Waals surface area contributed by atoms with Crippen molar-refractivity contribution in [2.24, 2.45) is 7.05 Å². The second-order valence-corrected chi connectivity index (χ2v) is 6.87. The Balaban J connectivity index is 1.85. The topological polar surface area (TPSA) is 64.3 Å². The van der Waals surface area contributed by atoms with E-state index in [4.69, 9.17) is 9.84 Å². The number of aryl methyl sites for hydroxylation is 1. The van der Waals surface area contributed by atoms with Crippen LogP contribution in [-0.4, -0.2) is 20.9 Å². The molecule has 10 heteroatoms. The van der Waals surface area contributed by atoms with Crippen molar-refractivity contribution in [2.75, 3.05) is 0 Å². The van der Waals surface area contributed by atoms with Gasteiger partial charge in [-0.2, -0.15) is 18.3 Å². The van der Waals surface area contributed by atoms with Crippen LogP contribution in [0.3, 0.4) is 0 Å². The summed E-state index contributed by atoms with van der Waals surface area (Å²) >= 11 is 1.17. The van der Waals surface area contributed by atoms with Crippen molar-refractivity contribution >= 4 is 27.4 Å². The number of thiophene rings is 1. The summed E-state index contributed by atoms with van der Waals surface area (Å²) in [4.78, 5) is 11.2. The van der Waals surface area contributed by atoms with Gasteiger partial charge in [-0.05, 0) is 30.0 Å². The second-order valence-electron chi connectivity index (χ2n) is 5.96. The maximum atomic E-state index is 14.5. The molecule has 3 rings (SSSR count). The van der Waals surface area contributed by atoms with Crippen LogP contribution in [0.25, 0.3) is 10.1 Å². The number of rotatable bonds is 5. The molecule has 0 spiro atoms. The predicted octanol–water partition coefficient (Wildman–Crippen LogP) is 4.56. The minimum Gasteiger partial charge on any atom is -0.487 e. The van der Waals surface area contributed by atoms with E-state index in [1.807, 2.05) is 0 Å². The highest BCUT2D eigenvalue weighted by Gasteiger charge is 2.34. The summed E-state index contributed by atoms with van der Waals surface area (Å²) in [6, 6.07) is 3.49. The summed E-state index contributed by atoms with van der Waals surface area (Å²) in [6.07, 6.45) is -4.56. The zero-order chi connectivity index (χ0) is 19.9. The lowest BCUT2D eigenvalue weighted by atomic mass is 10.0. The van der Waals surface area contributed by atoms with Gasteiger partial charge in [0, 0.05) is 23.2 Å². The number of benzene rings is 1. The first-order chi connectivity index (χ1) is 12.6. The molecular formula is C17H14F4N2O3S. The van der Waals surface area contributed by atoms with Crippen LogP contribution in [-0.2, 0) is 24.6 Å². The maximum Gasteiger partial charge on any atom is 0.435 e. The van der Waals surface area contributed by atoms with Crippen molar-refractivity contribution in [3.8, 4) is 5.75 Å². The number of carboxylic acid groups (broad SMARTS) is 1. The number of halogens is 4. The van der Waals surface area contributed by atoms with Gasteiger partial charge in [-0.15, -0.1) is 11.3 Å². The van der Waals surface area contributed by atoms with Gasteiger partial charge < -0.3 is 9.84 Å². The van der Waals surface area contributed by atoms with Crippen LogP contribution in [0.4, 0.5) is 17.6 Å². The Bertz CT molecular complexity index is 1010. The van der Waals surface area contributed by atoms with Crippen LogP contribution in [0.2, 0.25) is 0 Å². The van der Waals surface area contributed by atoms with E-state index >= 15 is 0 Å². The Morgan fingerprint density at radius 2 is 2.07 bits per heavy atom.